The predicted molar refractivity (Wildman–Crippen MR) is 86.8 cm³/mol. The van der Waals surface area contributed by atoms with Crippen molar-refractivity contribution in [3.8, 4) is 0 Å². The second-order valence-corrected chi connectivity index (χ2v) is 6.72. The van der Waals surface area contributed by atoms with E-state index in [1.807, 2.05) is 0 Å². The molecule has 23 heavy (non-hydrogen) atoms. The van der Waals surface area contributed by atoms with E-state index in [1.165, 1.54) is 0 Å². The second-order valence-electron chi connectivity index (χ2n) is 4.30. The van der Waals surface area contributed by atoms with Gasteiger partial charge in [-0.3, -0.25) is 10.1 Å². The van der Waals surface area contributed by atoms with Crippen LogP contribution in [-0.2, 0) is 9.61 Å². The maximum atomic E-state index is 11.7. The molecule has 7 nitrogen and oxygen atoms in total. The number of rotatable bonds is 7. The number of hydrogen-bond acceptors (Lipinski definition) is 7. The van der Waals surface area contributed by atoms with Crippen molar-refractivity contribution >= 4 is 27.7 Å². The van der Waals surface area contributed by atoms with Gasteiger partial charge in [0.05, 0.1) is 0 Å². The molecule has 0 fully saturated rings. The minimum Gasteiger partial charge on any atom is -0.450 e. The largest absolute Gasteiger partial charge is 0.506 e. The van der Waals surface area contributed by atoms with Crippen molar-refractivity contribution in [2.75, 3.05) is 6.61 Å². The number of hydrogen-bond donors (Lipinski definition) is 1. The van der Waals surface area contributed by atoms with E-state index in [4.69, 9.17) is 5.11 Å². The molecule has 1 unspecified atom stereocenters. The molecule has 1 heterocycles. The van der Waals surface area contributed by atoms with E-state index < -0.39 is 22.6 Å². The summed E-state index contributed by atoms with van der Waals surface area (Å²) in [4.78, 5) is 24.2. The molecule has 0 radical (unpaired) electrons. The highest BCUT2D eigenvalue weighted by atomic mass is 33.1. The van der Waals surface area contributed by atoms with E-state index in [0.29, 0.717) is 10.6 Å². The minimum absolute atomic E-state index is 0.347. The fourth-order valence-corrected chi connectivity index (χ4v) is 4.15. The normalized spacial score (nSPS) is 13.0. The van der Waals surface area contributed by atoms with E-state index in [9.17, 15) is 14.9 Å². The Morgan fingerprint density at radius 3 is 2.52 bits per heavy atom. The SMILES string of the molecule is O=C(O)OCC(SSc1ccccn1)(c1ccccc1)[N+](=O)[O-]. The number of aromatic nitrogens is 1. The third-order valence-electron chi connectivity index (χ3n) is 2.81. The molecule has 1 aromatic heterocycles. The lowest BCUT2D eigenvalue weighted by atomic mass is 10.1. The van der Waals surface area contributed by atoms with Crippen molar-refractivity contribution < 1.29 is 19.6 Å². The number of carbonyl (C=O) groups is 1. The highest BCUT2D eigenvalue weighted by Gasteiger charge is 2.48. The molecule has 120 valence electrons. The molecular formula is C14H12N2O5S2. The summed E-state index contributed by atoms with van der Waals surface area (Å²) < 4.78 is 4.53. The van der Waals surface area contributed by atoms with Gasteiger partial charge < -0.3 is 9.84 Å². The Labute approximate surface area is 139 Å². The monoisotopic (exact) mass is 352 g/mol. The Kier molecular flexibility index (Phi) is 5.83. The zero-order valence-electron chi connectivity index (χ0n) is 11.7. The average molecular weight is 352 g/mol. The van der Waals surface area contributed by atoms with Crippen molar-refractivity contribution in [3.63, 3.8) is 0 Å². The van der Waals surface area contributed by atoms with Crippen molar-refractivity contribution in [3.05, 3.63) is 70.4 Å². The maximum absolute atomic E-state index is 11.7. The number of ether oxygens (including phenoxy) is 1. The van der Waals surface area contributed by atoms with Gasteiger partial charge in [-0.05, 0) is 22.9 Å². The fourth-order valence-electron chi connectivity index (χ4n) is 1.71. The second kappa shape index (κ2) is 7.84. The summed E-state index contributed by atoms with van der Waals surface area (Å²) >= 11 is 0. The van der Waals surface area contributed by atoms with Crippen molar-refractivity contribution in [2.45, 2.75) is 9.90 Å². The Morgan fingerprint density at radius 1 is 1.26 bits per heavy atom. The molecule has 1 aromatic carbocycles. The zero-order chi connectivity index (χ0) is 16.7. The Morgan fingerprint density at radius 2 is 1.96 bits per heavy atom. The van der Waals surface area contributed by atoms with E-state index in [2.05, 4.69) is 9.72 Å². The van der Waals surface area contributed by atoms with E-state index >= 15 is 0 Å². The molecule has 0 bridgehead atoms. The molecule has 0 amide bonds. The first kappa shape index (κ1) is 17.1. The summed E-state index contributed by atoms with van der Waals surface area (Å²) in [7, 11) is 1.99. The highest BCUT2D eigenvalue weighted by Crippen LogP contribution is 2.47. The topological polar surface area (TPSA) is 103 Å². The summed E-state index contributed by atoms with van der Waals surface area (Å²) in [6.45, 7) is -0.607. The predicted octanol–water partition coefficient (Wildman–Crippen LogP) is 3.65. The van der Waals surface area contributed by atoms with Crippen LogP contribution in [-0.4, -0.2) is 27.8 Å². The Hall–Kier alpha value is -2.26. The van der Waals surface area contributed by atoms with Crippen LogP contribution in [0.15, 0.2) is 59.8 Å². The lowest BCUT2D eigenvalue weighted by molar-refractivity contribution is -0.549. The molecule has 2 aromatic rings. The van der Waals surface area contributed by atoms with Crippen LogP contribution in [0, 0.1) is 10.1 Å². The highest BCUT2D eigenvalue weighted by molar-refractivity contribution is 8.76. The van der Waals surface area contributed by atoms with Gasteiger partial charge in [0, 0.05) is 27.5 Å². The standard InChI is InChI=1S/C14H12N2O5S2/c17-13(18)21-10-14(16(19)20,11-6-2-1-3-7-11)23-22-12-8-4-5-9-15-12/h1-9H,10H2,(H,17,18). The number of nitro groups is 1. The molecule has 0 aliphatic carbocycles. The van der Waals surface area contributed by atoms with Crippen LogP contribution >= 0.6 is 21.6 Å². The summed E-state index contributed by atoms with van der Waals surface area (Å²) in [6, 6.07) is 13.4. The summed E-state index contributed by atoms with van der Waals surface area (Å²) in [5.74, 6) is 0. The van der Waals surface area contributed by atoms with Gasteiger partial charge in [0.2, 0.25) is 0 Å². The van der Waals surface area contributed by atoms with E-state index in [-0.39, 0.29) is 0 Å². The molecule has 1 atom stereocenters. The van der Waals surface area contributed by atoms with Crippen LogP contribution < -0.4 is 0 Å². The first-order valence-corrected chi connectivity index (χ1v) is 8.52. The van der Waals surface area contributed by atoms with Crippen molar-refractivity contribution in [2.24, 2.45) is 0 Å². The van der Waals surface area contributed by atoms with Crippen molar-refractivity contribution in [1.29, 1.82) is 0 Å². The van der Waals surface area contributed by atoms with Crippen LogP contribution in [0.2, 0.25) is 0 Å². The summed E-state index contributed by atoms with van der Waals surface area (Å²) in [5.41, 5.74) is 0.347. The van der Waals surface area contributed by atoms with Gasteiger partial charge in [-0.1, -0.05) is 36.4 Å². The van der Waals surface area contributed by atoms with Gasteiger partial charge in [-0.15, -0.1) is 0 Å². The molecule has 0 aliphatic rings. The lowest BCUT2D eigenvalue weighted by Gasteiger charge is -2.23. The average Bonchev–Trinajstić information content (AvgIpc) is 2.56. The van der Waals surface area contributed by atoms with Gasteiger partial charge >= 0.3 is 11.0 Å². The Bertz CT molecular complexity index is 671. The third kappa shape index (κ3) is 4.36. The Balaban J connectivity index is 2.32. The molecule has 0 aliphatic heterocycles. The van der Waals surface area contributed by atoms with E-state index in [0.717, 1.165) is 21.6 Å². The lowest BCUT2D eigenvalue weighted by Crippen LogP contribution is -2.37. The molecule has 1 N–H and O–H groups in total. The summed E-state index contributed by atoms with van der Waals surface area (Å²) in [6.07, 6.45) is 0.0168. The number of pyridine rings is 1. The number of nitrogens with zero attached hydrogens (tertiary/aromatic N) is 2. The molecule has 0 spiro atoms. The zero-order valence-corrected chi connectivity index (χ0v) is 13.3. The number of benzene rings is 1. The molecule has 0 saturated heterocycles. The van der Waals surface area contributed by atoms with Crippen LogP contribution in [0.25, 0.3) is 0 Å². The first-order valence-electron chi connectivity index (χ1n) is 6.37. The summed E-state index contributed by atoms with van der Waals surface area (Å²) in [5, 5.41) is 21.0. The van der Waals surface area contributed by atoms with Gasteiger partial charge in [0.25, 0.3) is 0 Å². The smallest absolute Gasteiger partial charge is 0.450 e. The molecule has 2 rings (SSSR count). The van der Waals surface area contributed by atoms with Crippen LogP contribution in [0.4, 0.5) is 4.79 Å². The van der Waals surface area contributed by atoms with E-state index in [1.54, 1.807) is 54.7 Å². The number of carboxylic acid groups (broad SMARTS) is 1. The maximum Gasteiger partial charge on any atom is 0.506 e. The van der Waals surface area contributed by atoms with Crippen LogP contribution in [0.1, 0.15) is 5.56 Å². The van der Waals surface area contributed by atoms with Gasteiger partial charge in [0.1, 0.15) is 5.03 Å². The van der Waals surface area contributed by atoms with Crippen molar-refractivity contribution in [1.82, 2.24) is 4.98 Å². The molecule has 9 heteroatoms. The molecule has 0 saturated carbocycles. The first-order chi connectivity index (χ1) is 11.0. The van der Waals surface area contributed by atoms with Gasteiger partial charge in [-0.2, -0.15) is 0 Å². The van der Waals surface area contributed by atoms with Crippen LogP contribution in [0.5, 0.6) is 0 Å². The molecular weight excluding hydrogens is 340 g/mol. The fraction of sp³-hybridized carbons (Fsp3) is 0.143. The van der Waals surface area contributed by atoms with Gasteiger partial charge in [-0.25, -0.2) is 9.78 Å². The van der Waals surface area contributed by atoms with Crippen LogP contribution in [0.3, 0.4) is 0 Å². The van der Waals surface area contributed by atoms with Gasteiger partial charge in [0.15, 0.2) is 6.61 Å². The third-order valence-corrected chi connectivity index (χ3v) is 5.68. The minimum atomic E-state index is -1.76. The quantitative estimate of drug-likeness (QED) is 0.265.